The summed E-state index contributed by atoms with van der Waals surface area (Å²) >= 11 is 1.64. The molecule has 7 heteroatoms. The van der Waals surface area contributed by atoms with Gasteiger partial charge in [-0.2, -0.15) is 0 Å². The Morgan fingerprint density at radius 1 is 1.23 bits per heavy atom. The second-order valence-corrected chi connectivity index (χ2v) is 8.45. The molecule has 3 heterocycles. The van der Waals surface area contributed by atoms with Crippen LogP contribution in [0.3, 0.4) is 0 Å². The van der Waals surface area contributed by atoms with E-state index in [-0.39, 0.29) is 5.92 Å². The molecule has 1 aliphatic carbocycles. The Labute approximate surface area is 156 Å². The van der Waals surface area contributed by atoms with Crippen LogP contribution in [0, 0.1) is 17.8 Å². The van der Waals surface area contributed by atoms with Crippen LogP contribution in [-0.4, -0.2) is 39.0 Å². The number of hydrogen-bond donors (Lipinski definition) is 2. The fourth-order valence-corrected chi connectivity index (χ4v) is 5.57. The molecule has 0 radical (unpaired) electrons. The van der Waals surface area contributed by atoms with Crippen LogP contribution in [-0.2, 0) is 11.3 Å². The SMILES string of the molecule is O=C(O)C1C2CCC1CN(Cc1ccc3c(c1)Nc1nccnc1S3)C2. The molecular weight excluding hydrogens is 348 g/mol. The molecule has 0 spiro atoms. The molecule has 1 saturated heterocycles. The summed E-state index contributed by atoms with van der Waals surface area (Å²) in [5.74, 6) is 0.678. The lowest BCUT2D eigenvalue weighted by atomic mass is 9.85. The predicted molar refractivity (Wildman–Crippen MR) is 98.5 cm³/mol. The lowest BCUT2D eigenvalue weighted by molar-refractivity contribution is -0.146. The van der Waals surface area contributed by atoms with Crippen LogP contribution in [0.2, 0.25) is 0 Å². The Bertz CT molecular complexity index is 860. The first-order valence-electron chi connectivity index (χ1n) is 9.01. The van der Waals surface area contributed by atoms with Crippen LogP contribution in [0.4, 0.5) is 11.5 Å². The fourth-order valence-electron chi connectivity index (χ4n) is 4.69. The maximum Gasteiger partial charge on any atom is 0.307 e. The molecule has 3 aliphatic rings. The van der Waals surface area contributed by atoms with Gasteiger partial charge in [-0.15, -0.1) is 0 Å². The van der Waals surface area contributed by atoms with E-state index in [1.54, 1.807) is 24.2 Å². The minimum Gasteiger partial charge on any atom is -0.481 e. The van der Waals surface area contributed by atoms with Crippen molar-refractivity contribution in [2.45, 2.75) is 29.3 Å². The van der Waals surface area contributed by atoms with Gasteiger partial charge in [-0.05, 0) is 42.4 Å². The summed E-state index contributed by atoms with van der Waals surface area (Å²) < 4.78 is 0. The molecular formula is C19H20N4O2S. The van der Waals surface area contributed by atoms with E-state index in [4.69, 9.17) is 0 Å². The van der Waals surface area contributed by atoms with Crippen molar-refractivity contribution in [3.05, 3.63) is 36.2 Å². The number of anilines is 2. The highest BCUT2D eigenvalue weighted by Gasteiger charge is 2.45. The third-order valence-corrected chi connectivity index (χ3v) is 6.84. The molecule has 2 N–H and O–H groups in total. The van der Waals surface area contributed by atoms with Crippen LogP contribution in [0.25, 0.3) is 0 Å². The highest BCUT2D eigenvalue weighted by atomic mass is 32.2. The number of nitrogens with one attached hydrogen (secondary N) is 1. The molecule has 2 aromatic rings. The van der Waals surface area contributed by atoms with E-state index in [2.05, 4.69) is 38.4 Å². The lowest BCUT2D eigenvalue weighted by Gasteiger charge is -2.36. The van der Waals surface area contributed by atoms with Crippen molar-refractivity contribution < 1.29 is 9.90 Å². The van der Waals surface area contributed by atoms with Crippen molar-refractivity contribution in [1.29, 1.82) is 0 Å². The van der Waals surface area contributed by atoms with E-state index in [0.717, 1.165) is 53.9 Å². The van der Waals surface area contributed by atoms with E-state index in [1.807, 2.05) is 0 Å². The summed E-state index contributed by atoms with van der Waals surface area (Å²) in [6, 6.07) is 6.49. The van der Waals surface area contributed by atoms with E-state index in [0.29, 0.717) is 11.8 Å². The Kier molecular flexibility index (Phi) is 3.86. The van der Waals surface area contributed by atoms with Crippen molar-refractivity contribution in [2.75, 3.05) is 18.4 Å². The molecule has 1 aromatic carbocycles. The maximum absolute atomic E-state index is 11.5. The standard InChI is InChI=1S/C19H20N4O2S/c24-19(25)16-12-2-3-13(16)10-23(9-12)8-11-1-4-15-14(7-11)22-17-18(26-15)21-6-5-20-17/h1,4-7,12-13,16H,2-3,8-10H2,(H,20,22)(H,24,25). The van der Waals surface area contributed by atoms with Gasteiger partial charge < -0.3 is 10.4 Å². The molecule has 0 amide bonds. The summed E-state index contributed by atoms with van der Waals surface area (Å²) in [6.07, 6.45) is 5.51. The van der Waals surface area contributed by atoms with Crippen LogP contribution < -0.4 is 5.32 Å². The van der Waals surface area contributed by atoms with Gasteiger partial charge in [0.05, 0.1) is 11.6 Å². The van der Waals surface area contributed by atoms with Gasteiger partial charge in [0.2, 0.25) is 0 Å². The number of piperidine rings is 1. The first-order chi connectivity index (χ1) is 12.7. The molecule has 2 atom stereocenters. The highest BCUT2D eigenvalue weighted by molar-refractivity contribution is 7.99. The molecule has 6 nitrogen and oxygen atoms in total. The van der Waals surface area contributed by atoms with Crippen LogP contribution in [0.1, 0.15) is 18.4 Å². The Hall–Kier alpha value is -2.12. The van der Waals surface area contributed by atoms with Gasteiger partial charge in [-0.1, -0.05) is 17.8 Å². The summed E-state index contributed by atoms with van der Waals surface area (Å²) in [6.45, 7) is 2.65. The summed E-state index contributed by atoms with van der Waals surface area (Å²) in [4.78, 5) is 23.8. The van der Waals surface area contributed by atoms with Gasteiger partial charge >= 0.3 is 5.97 Å². The molecule has 5 rings (SSSR count). The Balaban J connectivity index is 1.32. The van der Waals surface area contributed by atoms with Gasteiger partial charge in [0.1, 0.15) is 5.03 Å². The number of carboxylic acids is 1. The number of carboxylic acid groups (broad SMARTS) is 1. The average molecular weight is 368 g/mol. The Morgan fingerprint density at radius 3 is 2.77 bits per heavy atom. The topological polar surface area (TPSA) is 78.4 Å². The van der Waals surface area contributed by atoms with Gasteiger partial charge in [0.25, 0.3) is 0 Å². The molecule has 26 heavy (non-hydrogen) atoms. The van der Waals surface area contributed by atoms with E-state index >= 15 is 0 Å². The maximum atomic E-state index is 11.5. The quantitative estimate of drug-likeness (QED) is 0.735. The van der Waals surface area contributed by atoms with E-state index < -0.39 is 5.97 Å². The van der Waals surface area contributed by atoms with Crippen LogP contribution in [0.15, 0.2) is 40.5 Å². The van der Waals surface area contributed by atoms with Crippen molar-refractivity contribution in [3.8, 4) is 0 Å². The lowest BCUT2D eigenvalue weighted by Crippen LogP contribution is -2.44. The van der Waals surface area contributed by atoms with Gasteiger partial charge in [-0.3, -0.25) is 9.69 Å². The predicted octanol–water partition coefficient (Wildman–Crippen LogP) is 3.23. The number of rotatable bonds is 3. The largest absolute Gasteiger partial charge is 0.481 e. The molecule has 2 aliphatic heterocycles. The van der Waals surface area contributed by atoms with Gasteiger partial charge in [-0.25, -0.2) is 9.97 Å². The third-order valence-electron chi connectivity index (χ3n) is 5.77. The van der Waals surface area contributed by atoms with Gasteiger partial charge in [0.15, 0.2) is 5.82 Å². The number of aliphatic carboxylic acids is 1. The second kappa shape index (κ2) is 6.25. The summed E-state index contributed by atoms with van der Waals surface area (Å²) in [5, 5.41) is 13.7. The molecule has 1 saturated carbocycles. The second-order valence-electron chi connectivity index (χ2n) is 7.42. The highest BCUT2D eigenvalue weighted by Crippen LogP contribution is 2.44. The molecule has 1 aromatic heterocycles. The van der Waals surface area contributed by atoms with Crippen LogP contribution in [0.5, 0.6) is 0 Å². The van der Waals surface area contributed by atoms with E-state index in [1.165, 1.54) is 5.56 Å². The molecule has 2 fully saturated rings. The zero-order chi connectivity index (χ0) is 17.7. The first-order valence-corrected chi connectivity index (χ1v) is 9.83. The smallest absolute Gasteiger partial charge is 0.307 e. The van der Waals surface area contributed by atoms with Crippen LogP contribution >= 0.6 is 11.8 Å². The number of benzene rings is 1. The first kappa shape index (κ1) is 16.1. The van der Waals surface area contributed by atoms with Crippen molar-refractivity contribution in [3.63, 3.8) is 0 Å². The molecule has 134 valence electrons. The number of carbonyl (C=O) groups is 1. The van der Waals surface area contributed by atoms with Crippen molar-refractivity contribution in [1.82, 2.24) is 14.9 Å². The number of fused-ring (bicyclic) bond motifs is 4. The van der Waals surface area contributed by atoms with Crippen molar-refractivity contribution in [2.24, 2.45) is 17.8 Å². The normalized spacial score (nSPS) is 26.7. The minimum atomic E-state index is -0.605. The number of hydrogen-bond acceptors (Lipinski definition) is 6. The Morgan fingerprint density at radius 2 is 2.00 bits per heavy atom. The monoisotopic (exact) mass is 368 g/mol. The molecule has 2 bridgehead atoms. The number of aromatic nitrogens is 2. The number of nitrogens with zero attached hydrogens (tertiary/aromatic N) is 3. The minimum absolute atomic E-state index is 0.136. The molecule has 2 unspecified atom stereocenters. The third kappa shape index (κ3) is 2.75. The fraction of sp³-hybridized carbons (Fsp3) is 0.421. The summed E-state index contributed by atoms with van der Waals surface area (Å²) in [7, 11) is 0. The number of likely N-dealkylation sites (tertiary alicyclic amines) is 1. The van der Waals surface area contributed by atoms with E-state index in [9.17, 15) is 9.90 Å². The zero-order valence-corrected chi connectivity index (χ0v) is 15.1. The average Bonchev–Trinajstić information content (AvgIpc) is 2.91. The van der Waals surface area contributed by atoms with Crippen molar-refractivity contribution >= 4 is 29.2 Å². The van der Waals surface area contributed by atoms with Gasteiger partial charge in [0, 0.05) is 36.9 Å². The zero-order valence-electron chi connectivity index (χ0n) is 14.3. The summed E-state index contributed by atoms with van der Waals surface area (Å²) in [5.41, 5.74) is 2.32.